The summed E-state index contributed by atoms with van der Waals surface area (Å²) in [5.74, 6) is 0.825. The molecule has 2 rings (SSSR count). The number of guanidine groups is 1. The van der Waals surface area contributed by atoms with Crippen LogP contribution in [0.5, 0.6) is 0 Å². The molecule has 0 unspecified atom stereocenters. The van der Waals surface area contributed by atoms with Gasteiger partial charge in [0.25, 0.3) is 0 Å². The highest BCUT2D eigenvalue weighted by atomic mass is 32.2. The van der Waals surface area contributed by atoms with Crippen molar-refractivity contribution in [1.29, 1.82) is 0 Å². The van der Waals surface area contributed by atoms with E-state index in [9.17, 15) is 8.42 Å². The largest absolute Gasteiger partial charge is 0.365 e. The number of thiocarbonyl (C=S) groups is 1. The van der Waals surface area contributed by atoms with E-state index in [4.69, 9.17) is 17.4 Å². The van der Waals surface area contributed by atoms with E-state index in [0.29, 0.717) is 30.0 Å². The number of aryl methyl sites for hydroxylation is 2. The molecule has 0 fully saturated rings. The first kappa shape index (κ1) is 21.7. The molecular formula is C17H23N7O2S2. The van der Waals surface area contributed by atoms with Crippen LogP contribution in [0, 0.1) is 13.8 Å². The van der Waals surface area contributed by atoms with Gasteiger partial charge >= 0.3 is 0 Å². The average Bonchev–Trinajstić information content (AvgIpc) is 2.60. The van der Waals surface area contributed by atoms with Crippen LogP contribution in [0.2, 0.25) is 0 Å². The van der Waals surface area contributed by atoms with Gasteiger partial charge in [0.2, 0.25) is 21.9 Å². The highest BCUT2D eigenvalue weighted by Gasteiger charge is 2.08. The topological polar surface area (TPSA) is 134 Å². The van der Waals surface area contributed by atoms with Crippen LogP contribution in [0.1, 0.15) is 17.0 Å². The summed E-state index contributed by atoms with van der Waals surface area (Å²) < 4.78 is 22.6. The highest BCUT2D eigenvalue weighted by molar-refractivity contribution is 7.89. The first-order chi connectivity index (χ1) is 13.2. The molecule has 2 aromatic rings. The Morgan fingerprint density at radius 2 is 1.79 bits per heavy atom. The molecule has 9 nitrogen and oxygen atoms in total. The molecule has 1 heterocycles. The fourth-order valence-corrected chi connectivity index (χ4v) is 2.92. The van der Waals surface area contributed by atoms with Crippen molar-refractivity contribution >= 4 is 39.3 Å². The van der Waals surface area contributed by atoms with E-state index >= 15 is 0 Å². The van der Waals surface area contributed by atoms with E-state index in [1.165, 1.54) is 12.1 Å². The van der Waals surface area contributed by atoms with Crippen molar-refractivity contribution < 1.29 is 8.42 Å². The minimum atomic E-state index is -3.69. The Labute approximate surface area is 169 Å². The summed E-state index contributed by atoms with van der Waals surface area (Å²) in [6, 6.07) is 8.25. The Bertz CT molecular complexity index is 953. The van der Waals surface area contributed by atoms with Gasteiger partial charge in [0.05, 0.1) is 4.90 Å². The summed E-state index contributed by atoms with van der Waals surface area (Å²) in [5.41, 5.74) is 2.59. The third-order valence-corrected chi connectivity index (χ3v) is 4.83. The Hall–Kier alpha value is -2.63. The van der Waals surface area contributed by atoms with E-state index in [1.807, 2.05) is 19.9 Å². The van der Waals surface area contributed by atoms with Gasteiger partial charge in [0.15, 0.2) is 5.11 Å². The van der Waals surface area contributed by atoms with Crippen molar-refractivity contribution in [3.05, 3.63) is 47.3 Å². The SMILES string of the molecule is CNC(=S)NC(=NCCc1ccc(S(N)(=O)=O)cc1)Nc1nc(C)cc(C)n1. The van der Waals surface area contributed by atoms with E-state index in [1.54, 1.807) is 19.2 Å². The van der Waals surface area contributed by atoms with Crippen molar-refractivity contribution in [3.8, 4) is 0 Å². The molecule has 1 aromatic heterocycles. The fraction of sp³-hybridized carbons (Fsp3) is 0.294. The number of aromatic nitrogens is 2. The molecule has 1 aromatic carbocycles. The number of sulfonamides is 1. The molecule has 0 bridgehead atoms. The van der Waals surface area contributed by atoms with Gasteiger partial charge in [-0.2, -0.15) is 0 Å². The lowest BCUT2D eigenvalue weighted by Gasteiger charge is -2.12. The van der Waals surface area contributed by atoms with Crippen LogP contribution in [0.25, 0.3) is 0 Å². The van der Waals surface area contributed by atoms with Crippen LogP contribution in [-0.2, 0) is 16.4 Å². The molecular weight excluding hydrogens is 398 g/mol. The van der Waals surface area contributed by atoms with Gasteiger partial charge in [-0.3, -0.25) is 10.3 Å². The Kier molecular flexibility index (Phi) is 7.38. The number of benzene rings is 1. The molecule has 0 saturated carbocycles. The number of anilines is 1. The Morgan fingerprint density at radius 3 is 2.32 bits per heavy atom. The summed E-state index contributed by atoms with van der Waals surface area (Å²) in [5, 5.41) is 14.3. The summed E-state index contributed by atoms with van der Waals surface area (Å²) in [6.07, 6.45) is 0.595. The molecule has 0 atom stereocenters. The Balaban J connectivity index is 2.10. The minimum Gasteiger partial charge on any atom is -0.365 e. The minimum absolute atomic E-state index is 0.0788. The predicted molar refractivity (Wildman–Crippen MR) is 114 cm³/mol. The lowest BCUT2D eigenvalue weighted by molar-refractivity contribution is 0.598. The number of primary sulfonamides is 1. The summed E-state index contributed by atoms with van der Waals surface area (Å²) in [4.78, 5) is 13.2. The second-order valence-electron chi connectivity index (χ2n) is 5.97. The molecule has 28 heavy (non-hydrogen) atoms. The molecule has 0 aliphatic carbocycles. The van der Waals surface area contributed by atoms with Gasteiger partial charge in [-0.15, -0.1) is 0 Å². The second-order valence-corrected chi connectivity index (χ2v) is 7.94. The molecule has 0 amide bonds. The number of nitrogens with two attached hydrogens (primary N) is 1. The average molecular weight is 422 g/mol. The standard InChI is InChI=1S/C17H23N7O2S2/c1-11-10-12(2)22-16(21-11)23-15(24-17(27)19-3)20-9-8-13-4-6-14(7-5-13)28(18,25)26/h4-7,10H,8-9H2,1-3H3,(H2,18,25,26)(H3,19,20,21,22,23,24,27). The Morgan fingerprint density at radius 1 is 1.18 bits per heavy atom. The highest BCUT2D eigenvalue weighted by Crippen LogP contribution is 2.09. The molecule has 150 valence electrons. The molecule has 5 N–H and O–H groups in total. The van der Waals surface area contributed by atoms with Crippen molar-refractivity contribution in [2.45, 2.75) is 25.2 Å². The number of aliphatic imine (C=N–C) groups is 1. The van der Waals surface area contributed by atoms with Gasteiger partial charge in [-0.1, -0.05) is 12.1 Å². The number of nitrogens with zero attached hydrogens (tertiary/aromatic N) is 3. The third-order valence-electron chi connectivity index (χ3n) is 3.59. The number of nitrogens with one attached hydrogen (secondary N) is 3. The normalized spacial score (nSPS) is 11.8. The monoisotopic (exact) mass is 421 g/mol. The van der Waals surface area contributed by atoms with E-state index < -0.39 is 10.0 Å². The molecule has 0 saturated heterocycles. The van der Waals surface area contributed by atoms with Crippen molar-refractivity contribution in [2.75, 3.05) is 18.9 Å². The number of hydrogen-bond donors (Lipinski definition) is 4. The van der Waals surface area contributed by atoms with Gasteiger partial charge in [-0.05, 0) is 56.2 Å². The first-order valence-corrected chi connectivity index (χ1v) is 10.4. The lowest BCUT2D eigenvalue weighted by atomic mass is 10.1. The smallest absolute Gasteiger partial charge is 0.238 e. The summed E-state index contributed by atoms with van der Waals surface area (Å²) >= 11 is 5.14. The fourth-order valence-electron chi connectivity index (χ4n) is 2.31. The third kappa shape index (κ3) is 6.83. The van der Waals surface area contributed by atoms with Gasteiger partial charge < -0.3 is 10.6 Å². The van der Waals surface area contributed by atoms with Crippen LogP contribution >= 0.6 is 12.2 Å². The molecule has 0 radical (unpaired) electrons. The summed E-state index contributed by atoms with van der Waals surface area (Å²) in [6.45, 7) is 4.20. The van der Waals surface area contributed by atoms with Gasteiger partial charge in [-0.25, -0.2) is 23.5 Å². The maximum absolute atomic E-state index is 11.3. The van der Waals surface area contributed by atoms with Gasteiger partial charge in [0.1, 0.15) is 0 Å². The predicted octanol–water partition coefficient (Wildman–Crippen LogP) is 0.845. The maximum atomic E-state index is 11.3. The van der Waals surface area contributed by atoms with Crippen LogP contribution in [0.15, 0.2) is 40.2 Å². The van der Waals surface area contributed by atoms with Crippen LogP contribution < -0.4 is 21.1 Å². The zero-order valence-electron chi connectivity index (χ0n) is 15.9. The first-order valence-electron chi connectivity index (χ1n) is 8.41. The molecule has 0 aliphatic rings. The van der Waals surface area contributed by atoms with Crippen LogP contribution in [-0.4, -0.2) is 43.1 Å². The lowest BCUT2D eigenvalue weighted by Crippen LogP contribution is -2.41. The molecule has 0 spiro atoms. The van der Waals surface area contributed by atoms with Crippen molar-refractivity contribution in [1.82, 2.24) is 20.6 Å². The molecule has 0 aliphatic heterocycles. The van der Waals surface area contributed by atoms with Crippen LogP contribution in [0.4, 0.5) is 5.95 Å². The summed E-state index contributed by atoms with van der Waals surface area (Å²) in [7, 11) is -1.99. The van der Waals surface area contributed by atoms with Gasteiger partial charge in [0, 0.05) is 25.0 Å². The van der Waals surface area contributed by atoms with Crippen molar-refractivity contribution in [2.24, 2.45) is 10.1 Å². The van der Waals surface area contributed by atoms with Crippen LogP contribution in [0.3, 0.4) is 0 Å². The molecule has 11 heteroatoms. The maximum Gasteiger partial charge on any atom is 0.238 e. The number of rotatable bonds is 5. The van der Waals surface area contributed by atoms with E-state index in [2.05, 4.69) is 30.9 Å². The van der Waals surface area contributed by atoms with E-state index in [0.717, 1.165) is 17.0 Å². The zero-order valence-corrected chi connectivity index (χ0v) is 17.5. The number of hydrogen-bond acceptors (Lipinski definition) is 6. The zero-order chi connectivity index (χ0) is 20.7. The second kappa shape index (κ2) is 9.53. The quantitative estimate of drug-likeness (QED) is 0.317. The van der Waals surface area contributed by atoms with Crippen molar-refractivity contribution in [3.63, 3.8) is 0 Å². The van der Waals surface area contributed by atoms with E-state index in [-0.39, 0.29) is 4.90 Å².